The molecule has 21 heavy (non-hydrogen) atoms. The maximum absolute atomic E-state index is 5.16. The maximum atomic E-state index is 5.16. The summed E-state index contributed by atoms with van der Waals surface area (Å²) in [7, 11) is 7.70. The summed E-state index contributed by atoms with van der Waals surface area (Å²) in [6.07, 6.45) is 0. The Morgan fingerprint density at radius 3 is 2.48 bits per heavy atom. The SMILES string of the molecule is CNc1cc(N(CCN(C)C)CC(C)C)nc(COC)n1. The zero-order valence-corrected chi connectivity index (χ0v) is 14.2. The zero-order valence-electron chi connectivity index (χ0n) is 14.2. The Bertz CT molecular complexity index is 423. The van der Waals surface area contributed by atoms with Gasteiger partial charge >= 0.3 is 0 Å². The molecule has 0 aliphatic carbocycles. The van der Waals surface area contributed by atoms with Crippen LogP contribution in [0.2, 0.25) is 0 Å². The van der Waals surface area contributed by atoms with Gasteiger partial charge in [0, 0.05) is 39.9 Å². The minimum atomic E-state index is 0.422. The molecule has 6 heteroatoms. The van der Waals surface area contributed by atoms with Crippen molar-refractivity contribution in [3.63, 3.8) is 0 Å². The highest BCUT2D eigenvalue weighted by atomic mass is 16.5. The molecule has 1 aromatic rings. The molecular formula is C15H29N5O. The standard InChI is InChI=1S/C15H29N5O/c1-12(2)10-20(8-7-19(4)5)15-9-13(16-3)17-14(18-15)11-21-6/h9,12H,7-8,10-11H2,1-6H3,(H,16,17,18). The van der Waals surface area contributed by atoms with Gasteiger partial charge in [-0.05, 0) is 20.0 Å². The lowest BCUT2D eigenvalue weighted by molar-refractivity contribution is 0.178. The Morgan fingerprint density at radius 2 is 1.95 bits per heavy atom. The van der Waals surface area contributed by atoms with E-state index in [-0.39, 0.29) is 0 Å². The minimum Gasteiger partial charge on any atom is -0.377 e. The molecule has 0 saturated heterocycles. The van der Waals surface area contributed by atoms with E-state index in [2.05, 4.69) is 53.0 Å². The van der Waals surface area contributed by atoms with Gasteiger partial charge in [0.05, 0.1) is 0 Å². The van der Waals surface area contributed by atoms with Crippen molar-refractivity contribution in [3.8, 4) is 0 Å². The normalized spacial score (nSPS) is 11.2. The number of methoxy groups -OCH3 is 1. The van der Waals surface area contributed by atoms with E-state index in [9.17, 15) is 0 Å². The molecule has 0 aliphatic heterocycles. The average molecular weight is 295 g/mol. The van der Waals surface area contributed by atoms with E-state index in [1.165, 1.54) is 0 Å². The maximum Gasteiger partial charge on any atom is 0.158 e. The highest BCUT2D eigenvalue weighted by Crippen LogP contribution is 2.17. The molecule has 0 bridgehead atoms. The van der Waals surface area contributed by atoms with Crippen LogP contribution in [0.1, 0.15) is 19.7 Å². The highest BCUT2D eigenvalue weighted by molar-refractivity contribution is 5.49. The minimum absolute atomic E-state index is 0.422. The lowest BCUT2D eigenvalue weighted by Crippen LogP contribution is -2.35. The second-order valence-corrected chi connectivity index (χ2v) is 5.85. The van der Waals surface area contributed by atoms with Gasteiger partial charge in [0.1, 0.15) is 18.2 Å². The van der Waals surface area contributed by atoms with E-state index in [1.54, 1.807) is 7.11 Å². The van der Waals surface area contributed by atoms with E-state index in [0.29, 0.717) is 18.3 Å². The van der Waals surface area contributed by atoms with Crippen molar-refractivity contribution < 1.29 is 4.74 Å². The fraction of sp³-hybridized carbons (Fsp3) is 0.733. The van der Waals surface area contributed by atoms with Gasteiger partial charge in [-0.3, -0.25) is 0 Å². The molecule has 1 rings (SSSR count). The summed E-state index contributed by atoms with van der Waals surface area (Å²) < 4.78 is 5.16. The first-order chi connectivity index (χ1) is 9.96. The molecule has 0 aliphatic rings. The van der Waals surface area contributed by atoms with Crippen molar-refractivity contribution in [1.82, 2.24) is 14.9 Å². The van der Waals surface area contributed by atoms with Gasteiger partial charge < -0.3 is 19.9 Å². The number of ether oxygens (including phenoxy) is 1. The van der Waals surface area contributed by atoms with Gasteiger partial charge in [-0.15, -0.1) is 0 Å². The van der Waals surface area contributed by atoms with E-state index < -0.39 is 0 Å². The number of aromatic nitrogens is 2. The van der Waals surface area contributed by atoms with Crippen LogP contribution in [0.25, 0.3) is 0 Å². The Balaban J connectivity index is 3.00. The van der Waals surface area contributed by atoms with Crippen molar-refractivity contribution in [2.45, 2.75) is 20.5 Å². The molecule has 0 fully saturated rings. The van der Waals surface area contributed by atoms with Crippen LogP contribution in [-0.2, 0) is 11.3 Å². The summed E-state index contributed by atoms with van der Waals surface area (Å²) in [5.74, 6) is 3.06. The third-order valence-corrected chi connectivity index (χ3v) is 3.02. The first-order valence-corrected chi connectivity index (χ1v) is 7.40. The molecule has 0 spiro atoms. The number of rotatable bonds is 9. The third-order valence-electron chi connectivity index (χ3n) is 3.02. The van der Waals surface area contributed by atoms with Gasteiger partial charge in [0.15, 0.2) is 5.82 Å². The smallest absolute Gasteiger partial charge is 0.158 e. The monoisotopic (exact) mass is 295 g/mol. The number of anilines is 2. The van der Waals surface area contributed by atoms with Gasteiger partial charge in [0.25, 0.3) is 0 Å². The number of hydrogen-bond acceptors (Lipinski definition) is 6. The topological polar surface area (TPSA) is 53.5 Å². The molecule has 1 aromatic heterocycles. The number of nitrogens with zero attached hydrogens (tertiary/aromatic N) is 4. The molecule has 0 saturated carbocycles. The van der Waals surface area contributed by atoms with Crippen LogP contribution in [0.15, 0.2) is 6.07 Å². The molecule has 0 radical (unpaired) electrons. The van der Waals surface area contributed by atoms with Crippen molar-refractivity contribution in [3.05, 3.63) is 11.9 Å². The van der Waals surface area contributed by atoms with Gasteiger partial charge in [-0.25, -0.2) is 9.97 Å². The van der Waals surface area contributed by atoms with Crippen LogP contribution in [0.5, 0.6) is 0 Å². The molecule has 6 nitrogen and oxygen atoms in total. The largest absolute Gasteiger partial charge is 0.377 e. The van der Waals surface area contributed by atoms with Gasteiger partial charge in [-0.1, -0.05) is 13.8 Å². The van der Waals surface area contributed by atoms with E-state index >= 15 is 0 Å². The number of likely N-dealkylation sites (N-methyl/N-ethyl adjacent to an activating group) is 1. The lowest BCUT2D eigenvalue weighted by atomic mass is 10.2. The first-order valence-electron chi connectivity index (χ1n) is 7.40. The van der Waals surface area contributed by atoms with Crippen LogP contribution < -0.4 is 10.2 Å². The van der Waals surface area contributed by atoms with E-state index in [4.69, 9.17) is 4.74 Å². The summed E-state index contributed by atoms with van der Waals surface area (Å²) in [5, 5.41) is 3.10. The van der Waals surface area contributed by atoms with E-state index in [0.717, 1.165) is 31.3 Å². The van der Waals surface area contributed by atoms with Crippen LogP contribution in [0.3, 0.4) is 0 Å². The van der Waals surface area contributed by atoms with Crippen molar-refractivity contribution >= 4 is 11.6 Å². The summed E-state index contributed by atoms with van der Waals surface area (Å²) in [5.41, 5.74) is 0. The van der Waals surface area contributed by atoms with E-state index in [1.807, 2.05) is 13.1 Å². The second kappa shape index (κ2) is 8.79. The molecule has 0 atom stereocenters. The molecule has 120 valence electrons. The fourth-order valence-electron chi connectivity index (χ4n) is 2.03. The summed E-state index contributed by atoms with van der Waals surface area (Å²) in [6.45, 7) is 7.77. The fourth-order valence-corrected chi connectivity index (χ4v) is 2.03. The van der Waals surface area contributed by atoms with Crippen molar-refractivity contribution in [2.24, 2.45) is 5.92 Å². The van der Waals surface area contributed by atoms with Crippen LogP contribution in [0.4, 0.5) is 11.6 Å². The average Bonchev–Trinajstić information content (AvgIpc) is 2.42. The number of nitrogens with one attached hydrogen (secondary N) is 1. The molecule has 1 heterocycles. The molecule has 0 amide bonds. The summed E-state index contributed by atoms with van der Waals surface area (Å²) in [4.78, 5) is 13.5. The molecule has 0 aromatic carbocycles. The lowest BCUT2D eigenvalue weighted by Gasteiger charge is -2.27. The zero-order chi connectivity index (χ0) is 15.8. The first kappa shape index (κ1) is 17.7. The van der Waals surface area contributed by atoms with Crippen LogP contribution in [0, 0.1) is 5.92 Å². The molecule has 0 unspecified atom stereocenters. The Kier molecular flexibility index (Phi) is 7.39. The predicted octanol–water partition coefficient (Wildman–Crippen LogP) is 1.69. The Labute approximate surface area is 128 Å². The number of hydrogen-bond donors (Lipinski definition) is 1. The van der Waals surface area contributed by atoms with Crippen molar-refractivity contribution in [1.29, 1.82) is 0 Å². The van der Waals surface area contributed by atoms with Gasteiger partial charge in [0.2, 0.25) is 0 Å². The van der Waals surface area contributed by atoms with Crippen LogP contribution in [-0.4, -0.2) is 62.8 Å². The Hall–Kier alpha value is -1.40. The summed E-state index contributed by atoms with van der Waals surface area (Å²) >= 11 is 0. The third kappa shape index (κ3) is 6.27. The second-order valence-electron chi connectivity index (χ2n) is 5.85. The van der Waals surface area contributed by atoms with Crippen molar-refractivity contribution in [2.75, 3.05) is 58.1 Å². The van der Waals surface area contributed by atoms with Gasteiger partial charge in [-0.2, -0.15) is 0 Å². The van der Waals surface area contributed by atoms with Crippen LogP contribution >= 0.6 is 0 Å². The molecular weight excluding hydrogens is 266 g/mol. The quantitative estimate of drug-likeness (QED) is 0.748. The summed E-state index contributed by atoms with van der Waals surface area (Å²) in [6, 6.07) is 2.00. The molecule has 1 N–H and O–H groups in total. The highest BCUT2D eigenvalue weighted by Gasteiger charge is 2.13. The predicted molar refractivity (Wildman–Crippen MR) is 87.9 cm³/mol. The Morgan fingerprint density at radius 1 is 1.24 bits per heavy atom.